The lowest BCUT2D eigenvalue weighted by Gasteiger charge is -2.33. The van der Waals surface area contributed by atoms with E-state index in [0.717, 1.165) is 30.2 Å². The largest absolute Gasteiger partial charge is 0.493 e. The summed E-state index contributed by atoms with van der Waals surface area (Å²) >= 11 is 0. The van der Waals surface area contributed by atoms with Gasteiger partial charge < -0.3 is 14.3 Å². The highest BCUT2D eigenvalue weighted by atomic mass is 16.5. The molecule has 0 spiro atoms. The molecule has 20 heavy (non-hydrogen) atoms. The van der Waals surface area contributed by atoms with Crippen molar-refractivity contribution in [3.05, 3.63) is 30.0 Å². The number of aliphatic carboxylic acids is 1. The van der Waals surface area contributed by atoms with E-state index >= 15 is 0 Å². The molecule has 1 aliphatic rings. The molecule has 1 fully saturated rings. The van der Waals surface area contributed by atoms with E-state index in [4.69, 9.17) is 9.15 Å². The van der Waals surface area contributed by atoms with Crippen LogP contribution in [0.25, 0.3) is 11.0 Å². The van der Waals surface area contributed by atoms with Gasteiger partial charge in [-0.05, 0) is 36.6 Å². The molecule has 0 unspecified atom stereocenters. The van der Waals surface area contributed by atoms with E-state index in [9.17, 15) is 9.90 Å². The predicted octanol–water partition coefficient (Wildman–Crippen LogP) is 3.73. The number of carbonyl (C=O) groups is 1. The fraction of sp³-hybridized carbons (Fsp3) is 0.438. The first kappa shape index (κ1) is 13.0. The normalized spacial score (nSPS) is 18.1. The van der Waals surface area contributed by atoms with Crippen molar-refractivity contribution in [1.82, 2.24) is 0 Å². The second-order valence-electron chi connectivity index (χ2n) is 5.47. The maximum atomic E-state index is 11.9. The third-order valence-electron chi connectivity index (χ3n) is 4.41. The van der Waals surface area contributed by atoms with E-state index in [0.29, 0.717) is 24.2 Å². The molecular formula is C16H18O4. The third-order valence-corrected chi connectivity index (χ3v) is 4.41. The molecule has 106 valence electrons. The standard InChI is InChI=1S/C16H18O4/c1-19-13-10-12(9-11-5-8-20-14(11)13)16(15(17)18)6-3-2-4-7-16/h5,8-10H,2-4,6-7H2,1H3,(H,17,18). The molecule has 4 nitrogen and oxygen atoms in total. The number of carboxylic acids is 1. The Kier molecular flexibility index (Phi) is 3.16. The van der Waals surface area contributed by atoms with Gasteiger partial charge >= 0.3 is 5.97 Å². The first-order chi connectivity index (χ1) is 9.67. The Hall–Kier alpha value is -1.97. The van der Waals surface area contributed by atoms with Gasteiger partial charge in [0.15, 0.2) is 11.3 Å². The lowest BCUT2D eigenvalue weighted by atomic mass is 9.69. The van der Waals surface area contributed by atoms with E-state index in [-0.39, 0.29) is 0 Å². The van der Waals surface area contributed by atoms with Crippen LogP contribution in [-0.4, -0.2) is 18.2 Å². The number of methoxy groups -OCH3 is 1. The average molecular weight is 274 g/mol. The molecule has 0 amide bonds. The second kappa shape index (κ2) is 4.85. The summed E-state index contributed by atoms with van der Waals surface area (Å²) < 4.78 is 10.8. The molecule has 1 heterocycles. The fourth-order valence-corrected chi connectivity index (χ4v) is 3.26. The zero-order valence-electron chi connectivity index (χ0n) is 11.5. The Morgan fingerprint density at radius 1 is 1.30 bits per heavy atom. The van der Waals surface area contributed by atoms with Gasteiger partial charge in [0.1, 0.15) is 0 Å². The summed E-state index contributed by atoms with van der Waals surface area (Å²) in [6.45, 7) is 0. The van der Waals surface area contributed by atoms with Crippen LogP contribution in [0.3, 0.4) is 0 Å². The minimum Gasteiger partial charge on any atom is -0.493 e. The Labute approximate surface area is 117 Å². The van der Waals surface area contributed by atoms with E-state index in [1.165, 1.54) is 0 Å². The van der Waals surface area contributed by atoms with Crippen LogP contribution < -0.4 is 4.74 Å². The molecule has 0 saturated heterocycles. The second-order valence-corrected chi connectivity index (χ2v) is 5.47. The molecule has 1 aromatic heterocycles. The van der Waals surface area contributed by atoms with Gasteiger partial charge in [-0.15, -0.1) is 0 Å². The van der Waals surface area contributed by atoms with Gasteiger partial charge in [0.2, 0.25) is 0 Å². The van der Waals surface area contributed by atoms with Gasteiger partial charge in [0, 0.05) is 5.39 Å². The minimum atomic E-state index is -0.781. The van der Waals surface area contributed by atoms with E-state index in [1.807, 2.05) is 18.2 Å². The lowest BCUT2D eigenvalue weighted by Crippen LogP contribution is -2.37. The number of furan rings is 1. The summed E-state index contributed by atoms with van der Waals surface area (Å²) in [5.74, 6) is -0.129. The highest BCUT2D eigenvalue weighted by Crippen LogP contribution is 2.42. The molecule has 2 aromatic rings. The summed E-state index contributed by atoms with van der Waals surface area (Å²) in [6.07, 6.45) is 6.01. The van der Waals surface area contributed by atoms with Gasteiger partial charge in [-0.1, -0.05) is 19.3 Å². The maximum Gasteiger partial charge on any atom is 0.314 e. The average Bonchev–Trinajstić information content (AvgIpc) is 2.95. The third kappa shape index (κ3) is 1.87. The van der Waals surface area contributed by atoms with Crippen LogP contribution in [0, 0.1) is 0 Å². The maximum absolute atomic E-state index is 11.9. The molecule has 4 heteroatoms. The monoisotopic (exact) mass is 274 g/mol. The Balaban J connectivity index is 2.18. The SMILES string of the molecule is COc1cc(C2(C(=O)O)CCCCC2)cc2ccoc12. The zero-order valence-corrected chi connectivity index (χ0v) is 11.5. The Bertz CT molecular complexity index is 635. The molecule has 1 aliphatic carbocycles. The lowest BCUT2D eigenvalue weighted by molar-refractivity contribution is -0.145. The molecule has 0 aliphatic heterocycles. The van der Waals surface area contributed by atoms with Crippen molar-refractivity contribution in [2.45, 2.75) is 37.5 Å². The molecular weight excluding hydrogens is 256 g/mol. The van der Waals surface area contributed by atoms with Crippen molar-refractivity contribution < 1.29 is 19.1 Å². The Morgan fingerprint density at radius 3 is 2.70 bits per heavy atom. The summed E-state index contributed by atoms with van der Waals surface area (Å²) in [5, 5.41) is 10.7. The van der Waals surface area contributed by atoms with Crippen molar-refractivity contribution in [3.8, 4) is 5.75 Å². The van der Waals surface area contributed by atoms with Crippen LogP contribution in [-0.2, 0) is 10.2 Å². The highest BCUT2D eigenvalue weighted by Gasteiger charge is 2.41. The van der Waals surface area contributed by atoms with E-state index < -0.39 is 11.4 Å². The molecule has 3 rings (SSSR count). The minimum absolute atomic E-state index is 0.605. The van der Waals surface area contributed by atoms with Gasteiger partial charge in [-0.25, -0.2) is 0 Å². The number of benzene rings is 1. The fourth-order valence-electron chi connectivity index (χ4n) is 3.26. The highest BCUT2D eigenvalue weighted by molar-refractivity contribution is 5.88. The van der Waals surface area contributed by atoms with E-state index in [2.05, 4.69) is 0 Å². The molecule has 1 N–H and O–H groups in total. The van der Waals surface area contributed by atoms with Gasteiger partial charge in [-0.2, -0.15) is 0 Å². The summed E-state index contributed by atoms with van der Waals surface area (Å²) in [5.41, 5.74) is 0.722. The van der Waals surface area contributed by atoms with Crippen molar-refractivity contribution in [2.24, 2.45) is 0 Å². The number of carboxylic acid groups (broad SMARTS) is 1. The first-order valence-electron chi connectivity index (χ1n) is 6.96. The molecule has 0 atom stereocenters. The van der Waals surface area contributed by atoms with Crippen LogP contribution in [0.5, 0.6) is 5.75 Å². The van der Waals surface area contributed by atoms with Gasteiger partial charge in [-0.3, -0.25) is 4.79 Å². The number of hydrogen-bond donors (Lipinski definition) is 1. The van der Waals surface area contributed by atoms with Crippen LogP contribution >= 0.6 is 0 Å². The van der Waals surface area contributed by atoms with Crippen LogP contribution in [0.15, 0.2) is 28.9 Å². The van der Waals surface area contributed by atoms with E-state index in [1.54, 1.807) is 13.4 Å². The Morgan fingerprint density at radius 2 is 2.05 bits per heavy atom. The first-order valence-corrected chi connectivity index (χ1v) is 6.96. The predicted molar refractivity (Wildman–Crippen MR) is 75.2 cm³/mol. The summed E-state index contributed by atoms with van der Waals surface area (Å²) in [7, 11) is 1.58. The molecule has 0 radical (unpaired) electrons. The number of ether oxygens (including phenoxy) is 1. The number of rotatable bonds is 3. The van der Waals surface area contributed by atoms with Crippen molar-refractivity contribution >= 4 is 16.9 Å². The number of hydrogen-bond acceptors (Lipinski definition) is 3. The van der Waals surface area contributed by atoms with Crippen molar-refractivity contribution in [3.63, 3.8) is 0 Å². The van der Waals surface area contributed by atoms with Crippen molar-refractivity contribution in [1.29, 1.82) is 0 Å². The van der Waals surface area contributed by atoms with Gasteiger partial charge in [0.05, 0.1) is 18.8 Å². The summed E-state index contributed by atoms with van der Waals surface area (Å²) in [6, 6.07) is 5.60. The molecule has 1 saturated carbocycles. The summed E-state index contributed by atoms with van der Waals surface area (Å²) in [4.78, 5) is 11.9. The molecule has 1 aromatic carbocycles. The van der Waals surface area contributed by atoms with Crippen molar-refractivity contribution in [2.75, 3.05) is 7.11 Å². The topological polar surface area (TPSA) is 59.7 Å². The van der Waals surface area contributed by atoms with Crippen LogP contribution in [0.4, 0.5) is 0 Å². The van der Waals surface area contributed by atoms with Crippen LogP contribution in [0.1, 0.15) is 37.7 Å². The van der Waals surface area contributed by atoms with Crippen LogP contribution in [0.2, 0.25) is 0 Å². The quantitative estimate of drug-likeness (QED) is 0.926. The zero-order chi connectivity index (χ0) is 14.2. The van der Waals surface area contributed by atoms with Gasteiger partial charge in [0.25, 0.3) is 0 Å². The number of fused-ring (bicyclic) bond motifs is 1. The molecule has 0 bridgehead atoms. The smallest absolute Gasteiger partial charge is 0.314 e.